The van der Waals surface area contributed by atoms with Gasteiger partial charge in [-0.2, -0.15) is 0 Å². The predicted octanol–water partition coefficient (Wildman–Crippen LogP) is 5.36. The molecule has 1 saturated heterocycles. The average molecular weight is 458 g/mol. The summed E-state index contributed by atoms with van der Waals surface area (Å²) < 4.78 is 5.60. The van der Waals surface area contributed by atoms with Crippen LogP contribution in [0.15, 0.2) is 65.0 Å². The molecule has 1 aromatic heterocycles. The Balaban J connectivity index is 1.35. The Bertz CT molecular complexity index is 1020. The molecule has 0 radical (unpaired) electrons. The first-order chi connectivity index (χ1) is 14.7. The molecule has 2 aromatic carbocycles. The Morgan fingerprint density at radius 1 is 1.20 bits per heavy atom. The van der Waals surface area contributed by atoms with Gasteiger partial charge >= 0.3 is 0 Å². The van der Waals surface area contributed by atoms with Crippen LogP contribution in [0.25, 0.3) is 6.08 Å². The summed E-state index contributed by atoms with van der Waals surface area (Å²) >= 11 is 9.09. The summed E-state index contributed by atoms with van der Waals surface area (Å²) in [5.41, 5.74) is 2.05. The van der Waals surface area contributed by atoms with Crippen molar-refractivity contribution in [2.75, 3.05) is 24.2 Å². The van der Waals surface area contributed by atoms with Crippen LogP contribution in [0.4, 0.5) is 5.13 Å². The van der Waals surface area contributed by atoms with Crippen molar-refractivity contribution >= 4 is 51.8 Å². The van der Waals surface area contributed by atoms with E-state index >= 15 is 0 Å². The predicted molar refractivity (Wildman–Crippen MR) is 125 cm³/mol. The number of amides is 1. The number of hydrogen-bond acceptors (Lipinski definition) is 6. The minimum absolute atomic E-state index is 0.0134. The van der Waals surface area contributed by atoms with E-state index in [1.165, 1.54) is 5.56 Å². The molecular formula is C22H20ClN3O2S2. The number of benzene rings is 2. The second-order valence-electron chi connectivity index (χ2n) is 6.54. The van der Waals surface area contributed by atoms with Crippen molar-refractivity contribution in [2.45, 2.75) is 6.54 Å². The zero-order valence-electron chi connectivity index (χ0n) is 16.1. The molecule has 0 atom stereocenters. The van der Waals surface area contributed by atoms with Crippen LogP contribution in [0, 0.1) is 0 Å². The third-order valence-electron chi connectivity index (χ3n) is 4.39. The minimum atomic E-state index is -0.0705. The number of nitrogens with zero attached hydrogens (tertiary/aromatic N) is 2. The molecule has 1 aliphatic heterocycles. The molecule has 1 N–H and O–H groups in total. The van der Waals surface area contributed by atoms with Gasteiger partial charge in [-0.05, 0) is 35.9 Å². The van der Waals surface area contributed by atoms with E-state index in [0.29, 0.717) is 17.3 Å². The van der Waals surface area contributed by atoms with Gasteiger partial charge in [0.25, 0.3) is 5.91 Å². The first-order valence-electron chi connectivity index (χ1n) is 9.44. The van der Waals surface area contributed by atoms with E-state index in [1.807, 2.05) is 29.7 Å². The summed E-state index contributed by atoms with van der Waals surface area (Å²) in [7, 11) is 0. The summed E-state index contributed by atoms with van der Waals surface area (Å²) in [6.07, 6.45) is 1.96. The largest absolute Gasteiger partial charge is 0.484 e. The van der Waals surface area contributed by atoms with Gasteiger partial charge in [-0.15, -0.1) is 23.1 Å². The summed E-state index contributed by atoms with van der Waals surface area (Å²) in [5, 5.41) is 7.73. The van der Waals surface area contributed by atoms with E-state index in [0.717, 1.165) is 28.2 Å². The average Bonchev–Trinajstić information content (AvgIpc) is 3.42. The highest BCUT2D eigenvalue weighted by Crippen LogP contribution is 2.31. The number of carbonyl (C=O) groups excluding carboxylic acids is 1. The van der Waals surface area contributed by atoms with Crippen LogP contribution in [-0.2, 0) is 11.3 Å². The van der Waals surface area contributed by atoms with Crippen LogP contribution in [0.3, 0.4) is 0 Å². The molecule has 0 aliphatic carbocycles. The second-order valence-corrected chi connectivity index (χ2v) is 8.95. The molecular weight excluding hydrogens is 438 g/mol. The number of thiazole rings is 1. The molecule has 5 nitrogen and oxygen atoms in total. The number of rotatable bonds is 7. The summed E-state index contributed by atoms with van der Waals surface area (Å²) in [4.78, 5) is 19.0. The highest BCUT2D eigenvalue weighted by molar-refractivity contribution is 8.03. The van der Waals surface area contributed by atoms with Crippen molar-refractivity contribution in [1.29, 1.82) is 0 Å². The van der Waals surface area contributed by atoms with Crippen LogP contribution in [0.5, 0.6) is 5.75 Å². The Labute approximate surface area is 188 Å². The zero-order valence-corrected chi connectivity index (χ0v) is 18.5. The lowest BCUT2D eigenvalue weighted by atomic mass is 10.2. The fourth-order valence-electron chi connectivity index (χ4n) is 2.88. The van der Waals surface area contributed by atoms with Crippen molar-refractivity contribution in [3.05, 3.63) is 81.3 Å². The maximum atomic E-state index is 12.6. The highest BCUT2D eigenvalue weighted by Gasteiger charge is 2.24. The Hall–Kier alpha value is -2.48. The van der Waals surface area contributed by atoms with Gasteiger partial charge in [0, 0.05) is 29.2 Å². The number of anilines is 1. The van der Waals surface area contributed by atoms with Gasteiger partial charge in [0.05, 0.1) is 10.7 Å². The molecule has 8 heteroatoms. The first kappa shape index (κ1) is 20.8. The van der Waals surface area contributed by atoms with Crippen LogP contribution >= 0.6 is 34.7 Å². The van der Waals surface area contributed by atoms with Crippen molar-refractivity contribution in [3.63, 3.8) is 0 Å². The molecule has 0 spiro atoms. The molecule has 1 amide bonds. The third kappa shape index (κ3) is 5.56. The van der Waals surface area contributed by atoms with Crippen molar-refractivity contribution in [2.24, 2.45) is 0 Å². The second kappa shape index (κ2) is 10.0. The normalized spacial score (nSPS) is 14.8. The van der Waals surface area contributed by atoms with Crippen LogP contribution in [0.2, 0.25) is 5.02 Å². The molecule has 3 aromatic rings. The number of aromatic nitrogens is 1. The number of nitrogens with one attached hydrogen (secondary N) is 1. The lowest BCUT2D eigenvalue weighted by Gasteiger charge is -2.17. The monoisotopic (exact) mass is 457 g/mol. The van der Waals surface area contributed by atoms with Gasteiger partial charge in [-0.1, -0.05) is 41.9 Å². The molecule has 154 valence electrons. The van der Waals surface area contributed by atoms with Crippen molar-refractivity contribution < 1.29 is 9.53 Å². The SMILES string of the molecule is O=C(COc1ccc(Cl)cc1)N1CCS/C1=C/c1csc(NCc2ccccc2)n1. The molecule has 1 fully saturated rings. The highest BCUT2D eigenvalue weighted by atomic mass is 35.5. The minimum Gasteiger partial charge on any atom is -0.484 e. The van der Waals surface area contributed by atoms with E-state index in [9.17, 15) is 4.79 Å². The molecule has 4 rings (SSSR count). The summed E-state index contributed by atoms with van der Waals surface area (Å²) in [6.45, 7) is 1.38. The number of carbonyl (C=O) groups is 1. The lowest BCUT2D eigenvalue weighted by Crippen LogP contribution is -2.31. The molecule has 0 bridgehead atoms. The number of halogens is 1. The van der Waals surface area contributed by atoms with E-state index in [2.05, 4.69) is 22.4 Å². The maximum absolute atomic E-state index is 12.6. The molecule has 0 saturated carbocycles. The van der Waals surface area contributed by atoms with Gasteiger partial charge in [0.2, 0.25) is 0 Å². The topological polar surface area (TPSA) is 54.5 Å². The van der Waals surface area contributed by atoms with Gasteiger partial charge < -0.3 is 15.0 Å². The van der Waals surface area contributed by atoms with E-state index in [4.69, 9.17) is 16.3 Å². The van der Waals surface area contributed by atoms with Gasteiger partial charge in [-0.25, -0.2) is 4.98 Å². The van der Waals surface area contributed by atoms with Crippen LogP contribution < -0.4 is 10.1 Å². The quantitative estimate of drug-likeness (QED) is 0.517. The standard InChI is InChI=1S/C22H20ClN3O2S2/c23-17-6-8-19(9-7-17)28-14-20(27)26-10-11-29-21(26)12-18-15-30-22(25-18)24-13-16-4-2-1-3-5-16/h1-9,12,15H,10-11,13-14H2,(H,24,25)/b21-12+. The molecule has 30 heavy (non-hydrogen) atoms. The Morgan fingerprint density at radius 3 is 2.80 bits per heavy atom. The Kier molecular flexibility index (Phi) is 6.94. The zero-order chi connectivity index (χ0) is 20.8. The maximum Gasteiger partial charge on any atom is 0.265 e. The number of ether oxygens (including phenoxy) is 1. The molecule has 2 heterocycles. The van der Waals surface area contributed by atoms with Gasteiger partial charge in [0.1, 0.15) is 5.75 Å². The van der Waals surface area contributed by atoms with E-state index < -0.39 is 0 Å². The molecule has 1 aliphatic rings. The third-order valence-corrected chi connectivity index (χ3v) is 6.48. The first-order valence-corrected chi connectivity index (χ1v) is 11.7. The fraction of sp³-hybridized carbons (Fsp3) is 0.182. The van der Waals surface area contributed by atoms with Gasteiger partial charge in [0.15, 0.2) is 11.7 Å². The summed E-state index contributed by atoms with van der Waals surface area (Å²) in [6, 6.07) is 17.2. The summed E-state index contributed by atoms with van der Waals surface area (Å²) in [5.74, 6) is 1.42. The van der Waals surface area contributed by atoms with Crippen molar-refractivity contribution in [1.82, 2.24) is 9.88 Å². The Morgan fingerprint density at radius 2 is 2.00 bits per heavy atom. The molecule has 0 unspecified atom stereocenters. The van der Waals surface area contributed by atoms with Crippen molar-refractivity contribution in [3.8, 4) is 5.75 Å². The van der Waals surface area contributed by atoms with E-state index in [1.54, 1.807) is 52.3 Å². The van der Waals surface area contributed by atoms with Crippen LogP contribution in [0.1, 0.15) is 11.3 Å². The smallest absolute Gasteiger partial charge is 0.265 e. The number of thioether (sulfide) groups is 1. The number of hydrogen-bond donors (Lipinski definition) is 1. The van der Waals surface area contributed by atoms with E-state index in [-0.39, 0.29) is 12.5 Å². The lowest BCUT2D eigenvalue weighted by molar-refractivity contribution is -0.130. The fourth-order valence-corrected chi connectivity index (χ4v) is 4.71. The van der Waals surface area contributed by atoms with Crippen LogP contribution in [-0.4, -0.2) is 34.7 Å². The van der Waals surface area contributed by atoms with Gasteiger partial charge in [-0.3, -0.25) is 4.79 Å².